The van der Waals surface area contributed by atoms with Crippen LogP contribution in [-0.4, -0.2) is 54.6 Å². The van der Waals surface area contributed by atoms with E-state index in [1.165, 1.54) is 27.4 Å². The van der Waals surface area contributed by atoms with Crippen molar-refractivity contribution in [2.45, 2.75) is 36.2 Å². The zero-order valence-electron chi connectivity index (χ0n) is 15.1. The summed E-state index contributed by atoms with van der Waals surface area (Å²) >= 11 is 12.0. The maximum absolute atomic E-state index is 13.5. The highest BCUT2D eigenvalue weighted by Crippen LogP contribution is 2.38. The second-order valence-electron chi connectivity index (χ2n) is 7.04. The number of piperidine rings is 1. The van der Waals surface area contributed by atoms with Gasteiger partial charge in [-0.1, -0.05) is 29.3 Å². The van der Waals surface area contributed by atoms with Crippen molar-refractivity contribution in [2.24, 2.45) is 11.7 Å². The van der Waals surface area contributed by atoms with E-state index in [0.717, 1.165) is 0 Å². The summed E-state index contributed by atoms with van der Waals surface area (Å²) in [5.74, 6) is -1.41. The Labute approximate surface area is 174 Å². The Morgan fingerprint density at radius 2 is 1.89 bits per heavy atom. The van der Waals surface area contributed by atoms with Crippen LogP contribution in [-0.2, 0) is 19.6 Å². The lowest BCUT2D eigenvalue weighted by molar-refractivity contribution is -0.138. The van der Waals surface area contributed by atoms with E-state index in [1.54, 1.807) is 6.08 Å². The van der Waals surface area contributed by atoms with Crippen molar-refractivity contribution in [2.75, 3.05) is 13.1 Å². The topological polar surface area (TPSA) is 101 Å². The van der Waals surface area contributed by atoms with Crippen LogP contribution in [0.5, 0.6) is 0 Å². The van der Waals surface area contributed by atoms with Gasteiger partial charge in [-0.15, -0.1) is 6.58 Å². The zero-order valence-corrected chi connectivity index (χ0v) is 17.4. The van der Waals surface area contributed by atoms with Gasteiger partial charge in [-0.25, -0.2) is 8.42 Å². The Morgan fingerprint density at radius 3 is 2.46 bits per heavy atom. The fourth-order valence-corrected chi connectivity index (χ4v) is 6.62. The maximum Gasteiger partial charge on any atom is 0.244 e. The van der Waals surface area contributed by atoms with Gasteiger partial charge in [0, 0.05) is 28.5 Å². The predicted molar refractivity (Wildman–Crippen MR) is 106 cm³/mol. The molecule has 1 aromatic rings. The molecule has 1 aromatic carbocycles. The molecule has 3 rings (SSSR count). The molecule has 7 nitrogen and oxygen atoms in total. The van der Waals surface area contributed by atoms with Crippen LogP contribution in [0.2, 0.25) is 10.0 Å². The standard InChI is InChI=1S/C18H21Cl2N3O4S/c1-2-11-9-22(10-17(21)24)18(25)16-5-3-4-15(11)23(16)28(26,27)14-7-12(19)6-13(20)8-14/h2,6-8,11,15-16H,1,3-5,9-10H2,(H2,21,24)/t11-,15-,16+/m1/s1. The molecule has 2 bridgehead atoms. The van der Waals surface area contributed by atoms with Gasteiger partial charge in [-0.05, 0) is 37.5 Å². The fraction of sp³-hybridized carbons (Fsp3) is 0.444. The fourth-order valence-electron chi connectivity index (χ4n) is 4.03. The Bertz CT molecular complexity index is 901. The van der Waals surface area contributed by atoms with Crippen LogP contribution in [0.4, 0.5) is 0 Å². The smallest absolute Gasteiger partial charge is 0.244 e. The van der Waals surface area contributed by atoms with Crippen LogP contribution in [0.25, 0.3) is 0 Å². The van der Waals surface area contributed by atoms with Crippen LogP contribution in [0.1, 0.15) is 19.3 Å². The van der Waals surface area contributed by atoms with Crippen molar-refractivity contribution in [3.63, 3.8) is 0 Å². The molecule has 0 saturated carbocycles. The summed E-state index contributed by atoms with van der Waals surface area (Å²) in [5, 5.41) is 0.376. The number of hydrogen-bond acceptors (Lipinski definition) is 4. The van der Waals surface area contributed by atoms with Crippen LogP contribution < -0.4 is 5.73 Å². The van der Waals surface area contributed by atoms with Gasteiger partial charge in [0.15, 0.2) is 0 Å². The largest absolute Gasteiger partial charge is 0.368 e. The number of amides is 2. The van der Waals surface area contributed by atoms with Gasteiger partial charge in [0.05, 0.1) is 11.4 Å². The second kappa shape index (κ2) is 8.02. The highest BCUT2D eigenvalue weighted by molar-refractivity contribution is 7.89. The predicted octanol–water partition coefficient (Wildman–Crippen LogP) is 2.03. The number of nitrogens with two attached hydrogens (primary N) is 1. The van der Waals surface area contributed by atoms with Crippen molar-refractivity contribution in [3.8, 4) is 0 Å². The van der Waals surface area contributed by atoms with Crippen molar-refractivity contribution in [1.82, 2.24) is 9.21 Å². The number of sulfonamides is 1. The van der Waals surface area contributed by atoms with Gasteiger partial charge >= 0.3 is 0 Å². The third-order valence-electron chi connectivity index (χ3n) is 5.19. The normalized spacial score (nSPS) is 26.0. The Morgan fingerprint density at radius 1 is 1.25 bits per heavy atom. The first kappa shape index (κ1) is 21.1. The molecule has 2 aliphatic heterocycles. The molecule has 2 fully saturated rings. The molecule has 2 heterocycles. The van der Waals surface area contributed by atoms with E-state index < -0.39 is 33.9 Å². The number of nitrogens with zero attached hydrogens (tertiary/aromatic N) is 2. The number of primary amides is 1. The van der Waals surface area contributed by atoms with E-state index in [9.17, 15) is 18.0 Å². The van der Waals surface area contributed by atoms with E-state index in [2.05, 4.69) is 6.58 Å². The first-order valence-electron chi connectivity index (χ1n) is 8.84. The van der Waals surface area contributed by atoms with Crippen molar-refractivity contribution < 1.29 is 18.0 Å². The van der Waals surface area contributed by atoms with E-state index in [4.69, 9.17) is 28.9 Å². The number of hydrogen-bond donors (Lipinski definition) is 1. The summed E-state index contributed by atoms with van der Waals surface area (Å²) in [7, 11) is -4.06. The minimum atomic E-state index is -4.06. The zero-order chi connectivity index (χ0) is 20.6. The van der Waals surface area contributed by atoms with E-state index >= 15 is 0 Å². The first-order valence-corrected chi connectivity index (χ1v) is 11.0. The summed E-state index contributed by atoms with van der Waals surface area (Å²) in [6.07, 6.45) is 3.27. The maximum atomic E-state index is 13.5. The molecule has 28 heavy (non-hydrogen) atoms. The highest BCUT2D eigenvalue weighted by atomic mass is 35.5. The van der Waals surface area contributed by atoms with Gasteiger partial charge in [0.2, 0.25) is 21.8 Å². The number of carbonyl (C=O) groups excluding carboxylic acids is 2. The lowest BCUT2D eigenvalue weighted by Crippen LogP contribution is -2.55. The Balaban J connectivity index is 2.11. The number of carbonyl (C=O) groups is 2. The van der Waals surface area contributed by atoms with Gasteiger partial charge < -0.3 is 10.6 Å². The number of rotatable bonds is 5. The van der Waals surface area contributed by atoms with E-state index in [1.807, 2.05) is 0 Å². The molecule has 3 atom stereocenters. The molecule has 10 heteroatoms. The molecule has 2 amide bonds. The monoisotopic (exact) mass is 445 g/mol. The van der Waals surface area contributed by atoms with E-state index in [0.29, 0.717) is 19.3 Å². The van der Waals surface area contributed by atoms with Crippen LogP contribution in [0.15, 0.2) is 35.7 Å². The SMILES string of the molecule is C=C[C@@H]1CN(CC(N)=O)C(=O)[C@@H]2CCC[C@H]1N2S(=O)(=O)c1cc(Cl)cc(Cl)c1. The summed E-state index contributed by atoms with van der Waals surface area (Å²) in [6, 6.07) is 2.71. The molecule has 0 aromatic heterocycles. The minimum Gasteiger partial charge on any atom is -0.368 e. The van der Waals surface area contributed by atoms with Gasteiger partial charge in [-0.2, -0.15) is 4.31 Å². The van der Waals surface area contributed by atoms with Gasteiger partial charge in [0.25, 0.3) is 0 Å². The first-order chi connectivity index (χ1) is 13.1. The lowest BCUT2D eigenvalue weighted by atomic mass is 9.90. The second-order valence-corrected chi connectivity index (χ2v) is 9.75. The molecule has 0 unspecified atom stereocenters. The lowest BCUT2D eigenvalue weighted by Gasteiger charge is -2.40. The summed E-state index contributed by atoms with van der Waals surface area (Å²) in [4.78, 5) is 25.8. The summed E-state index contributed by atoms with van der Waals surface area (Å²) in [6.45, 7) is 3.74. The molecular formula is C18H21Cl2N3O4S. The molecule has 2 N–H and O–H groups in total. The molecule has 0 aliphatic carbocycles. The van der Waals surface area contributed by atoms with E-state index in [-0.39, 0.29) is 33.9 Å². The van der Waals surface area contributed by atoms with Crippen molar-refractivity contribution in [3.05, 3.63) is 40.9 Å². The molecule has 2 saturated heterocycles. The quantitative estimate of drug-likeness (QED) is 0.700. The Hall–Kier alpha value is -1.61. The molecule has 152 valence electrons. The number of fused-ring (bicyclic) bond motifs is 2. The average molecular weight is 446 g/mol. The molecular weight excluding hydrogens is 425 g/mol. The van der Waals surface area contributed by atoms with Gasteiger partial charge in [-0.3, -0.25) is 9.59 Å². The molecule has 0 spiro atoms. The average Bonchev–Trinajstić information content (AvgIpc) is 2.68. The molecule has 0 radical (unpaired) electrons. The van der Waals surface area contributed by atoms with Crippen molar-refractivity contribution >= 4 is 45.0 Å². The van der Waals surface area contributed by atoms with Crippen LogP contribution >= 0.6 is 23.2 Å². The highest BCUT2D eigenvalue weighted by Gasteiger charge is 2.49. The minimum absolute atomic E-state index is 0.0686. The molecule has 2 aliphatic rings. The van der Waals surface area contributed by atoms with Crippen LogP contribution in [0, 0.1) is 5.92 Å². The van der Waals surface area contributed by atoms with Crippen LogP contribution in [0.3, 0.4) is 0 Å². The Kier molecular flexibility index (Phi) is 6.05. The summed E-state index contributed by atoms with van der Waals surface area (Å²) < 4.78 is 28.3. The van der Waals surface area contributed by atoms with Crippen molar-refractivity contribution in [1.29, 1.82) is 0 Å². The third-order valence-corrected chi connectivity index (χ3v) is 7.54. The number of halogens is 2. The van der Waals surface area contributed by atoms with Gasteiger partial charge in [0.1, 0.15) is 6.04 Å². The third kappa shape index (κ3) is 3.91. The number of benzene rings is 1. The summed E-state index contributed by atoms with van der Waals surface area (Å²) in [5.41, 5.74) is 5.29.